The van der Waals surface area contributed by atoms with Gasteiger partial charge in [-0.25, -0.2) is 4.98 Å². The van der Waals surface area contributed by atoms with Crippen LogP contribution in [-0.4, -0.2) is 23.0 Å². The monoisotopic (exact) mass is 325 g/mol. The van der Waals surface area contributed by atoms with E-state index in [4.69, 9.17) is 4.74 Å². The molecule has 0 aliphatic heterocycles. The first kappa shape index (κ1) is 15.2. The van der Waals surface area contributed by atoms with Crippen molar-refractivity contribution in [3.05, 3.63) is 59.2 Å². The van der Waals surface area contributed by atoms with Crippen LogP contribution in [0.25, 0.3) is 11.3 Å². The van der Waals surface area contributed by atoms with Gasteiger partial charge in [0.05, 0.1) is 12.8 Å². The molecule has 0 unspecified atom stereocenters. The number of hydrogen-bond acceptors (Lipinski definition) is 5. The topological polar surface area (TPSA) is 64.1 Å². The number of aryl methyl sites for hydroxylation is 1. The number of thiazole rings is 1. The predicted octanol–water partition coefficient (Wildman–Crippen LogP) is 3.77. The Labute approximate surface area is 138 Å². The number of nitrogens with one attached hydrogen (secondary N) is 1. The molecule has 2 heterocycles. The Balaban J connectivity index is 1.76. The van der Waals surface area contributed by atoms with Crippen LogP contribution >= 0.6 is 11.3 Å². The molecule has 0 spiro atoms. The van der Waals surface area contributed by atoms with Crippen molar-refractivity contribution in [1.29, 1.82) is 0 Å². The van der Waals surface area contributed by atoms with E-state index >= 15 is 0 Å². The van der Waals surface area contributed by atoms with Crippen LogP contribution in [0.3, 0.4) is 0 Å². The molecule has 1 amide bonds. The first-order valence-corrected chi connectivity index (χ1v) is 7.87. The van der Waals surface area contributed by atoms with E-state index in [9.17, 15) is 4.79 Å². The highest BCUT2D eigenvalue weighted by atomic mass is 32.1. The molecule has 2 aromatic heterocycles. The average molecular weight is 325 g/mol. The highest BCUT2D eigenvalue weighted by Gasteiger charge is 2.11. The summed E-state index contributed by atoms with van der Waals surface area (Å²) in [6.45, 7) is 2.01. The van der Waals surface area contributed by atoms with E-state index in [1.165, 1.54) is 11.3 Å². The van der Waals surface area contributed by atoms with Crippen LogP contribution in [0.5, 0.6) is 5.75 Å². The summed E-state index contributed by atoms with van der Waals surface area (Å²) in [4.78, 5) is 20.8. The minimum Gasteiger partial charge on any atom is -0.497 e. The minimum absolute atomic E-state index is 0.198. The Morgan fingerprint density at radius 3 is 2.70 bits per heavy atom. The number of anilines is 1. The maximum atomic E-state index is 12.2. The van der Waals surface area contributed by atoms with Gasteiger partial charge < -0.3 is 4.74 Å². The number of rotatable bonds is 4. The summed E-state index contributed by atoms with van der Waals surface area (Å²) in [5.41, 5.74) is 3.43. The van der Waals surface area contributed by atoms with Crippen molar-refractivity contribution in [2.75, 3.05) is 12.4 Å². The van der Waals surface area contributed by atoms with Crippen LogP contribution in [-0.2, 0) is 0 Å². The number of pyridine rings is 1. The van der Waals surface area contributed by atoms with Gasteiger partial charge in [0.15, 0.2) is 5.13 Å². The lowest BCUT2D eigenvalue weighted by Crippen LogP contribution is -2.11. The van der Waals surface area contributed by atoms with Gasteiger partial charge in [0, 0.05) is 28.9 Å². The Kier molecular flexibility index (Phi) is 4.34. The van der Waals surface area contributed by atoms with E-state index in [0.717, 1.165) is 16.8 Å². The van der Waals surface area contributed by atoms with Gasteiger partial charge in [-0.15, -0.1) is 11.3 Å². The van der Waals surface area contributed by atoms with Gasteiger partial charge in [-0.05, 0) is 42.8 Å². The molecule has 0 radical (unpaired) electrons. The fourth-order valence-electron chi connectivity index (χ4n) is 2.10. The number of carbonyl (C=O) groups is 1. The zero-order valence-corrected chi connectivity index (χ0v) is 13.6. The van der Waals surface area contributed by atoms with E-state index < -0.39 is 0 Å². The number of ether oxygens (including phenoxy) is 1. The molecule has 0 aliphatic carbocycles. The lowest BCUT2D eigenvalue weighted by molar-refractivity contribution is 0.102. The third kappa shape index (κ3) is 3.37. The number of benzene rings is 1. The summed E-state index contributed by atoms with van der Waals surface area (Å²) < 4.78 is 5.08. The third-order valence-corrected chi connectivity index (χ3v) is 4.15. The SMILES string of the molecule is COc1ccc(C(=O)Nc2nc(-c3cnccc3C)cs2)cc1. The Morgan fingerprint density at radius 2 is 2.00 bits per heavy atom. The quantitative estimate of drug-likeness (QED) is 0.793. The van der Waals surface area contributed by atoms with E-state index in [-0.39, 0.29) is 5.91 Å². The molecular formula is C17H15N3O2S. The van der Waals surface area contributed by atoms with Gasteiger partial charge in [0.2, 0.25) is 0 Å². The van der Waals surface area contributed by atoms with Crippen molar-refractivity contribution in [2.45, 2.75) is 6.92 Å². The van der Waals surface area contributed by atoms with Crippen molar-refractivity contribution in [1.82, 2.24) is 9.97 Å². The number of methoxy groups -OCH3 is 1. The van der Waals surface area contributed by atoms with Crippen LogP contribution < -0.4 is 10.1 Å². The second kappa shape index (κ2) is 6.58. The van der Waals surface area contributed by atoms with E-state index in [1.807, 2.05) is 18.4 Å². The second-order valence-corrected chi connectivity index (χ2v) is 5.77. The predicted molar refractivity (Wildman–Crippen MR) is 91.0 cm³/mol. The summed E-state index contributed by atoms with van der Waals surface area (Å²) in [7, 11) is 1.59. The number of aromatic nitrogens is 2. The fraction of sp³-hybridized carbons (Fsp3) is 0.118. The van der Waals surface area contributed by atoms with Gasteiger partial charge in [-0.1, -0.05) is 0 Å². The zero-order valence-electron chi connectivity index (χ0n) is 12.7. The molecule has 23 heavy (non-hydrogen) atoms. The van der Waals surface area contributed by atoms with Gasteiger partial charge in [0.25, 0.3) is 5.91 Å². The van der Waals surface area contributed by atoms with Crippen molar-refractivity contribution in [2.24, 2.45) is 0 Å². The smallest absolute Gasteiger partial charge is 0.257 e. The summed E-state index contributed by atoms with van der Waals surface area (Å²) in [6, 6.07) is 8.87. The average Bonchev–Trinajstić information content (AvgIpc) is 3.03. The third-order valence-electron chi connectivity index (χ3n) is 3.39. The minimum atomic E-state index is -0.198. The fourth-order valence-corrected chi connectivity index (χ4v) is 2.80. The van der Waals surface area contributed by atoms with Crippen LogP contribution in [0.15, 0.2) is 48.1 Å². The van der Waals surface area contributed by atoms with Gasteiger partial charge in [-0.3, -0.25) is 15.1 Å². The molecule has 3 aromatic rings. The maximum Gasteiger partial charge on any atom is 0.257 e. The summed E-state index contributed by atoms with van der Waals surface area (Å²) in [5.74, 6) is 0.515. The molecule has 1 aromatic carbocycles. The molecule has 0 saturated heterocycles. The standard InChI is InChI=1S/C17H15N3O2S/c1-11-7-8-18-9-14(11)15-10-23-17(19-15)20-16(21)12-3-5-13(22-2)6-4-12/h3-10H,1-2H3,(H,19,20,21). The number of hydrogen-bond donors (Lipinski definition) is 1. The Hall–Kier alpha value is -2.73. The molecule has 1 N–H and O–H groups in total. The van der Waals surface area contributed by atoms with E-state index in [1.54, 1.807) is 43.8 Å². The van der Waals surface area contributed by atoms with Gasteiger partial charge in [0.1, 0.15) is 5.75 Å². The van der Waals surface area contributed by atoms with Crippen molar-refractivity contribution in [3.8, 4) is 17.0 Å². The Morgan fingerprint density at radius 1 is 1.22 bits per heavy atom. The first-order valence-electron chi connectivity index (χ1n) is 6.99. The highest BCUT2D eigenvalue weighted by molar-refractivity contribution is 7.14. The summed E-state index contributed by atoms with van der Waals surface area (Å²) in [6.07, 6.45) is 3.52. The van der Waals surface area contributed by atoms with E-state index in [0.29, 0.717) is 16.4 Å². The Bertz CT molecular complexity index is 828. The lowest BCUT2D eigenvalue weighted by atomic mass is 10.1. The molecule has 0 bridgehead atoms. The largest absolute Gasteiger partial charge is 0.497 e. The van der Waals surface area contributed by atoms with Crippen LogP contribution in [0.2, 0.25) is 0 Å². The molecular weight excluding hydrogens is 310 g/mol. The second-order valence-electron chi connectivity index (χ2n) is 4.91. The van der Waals surface area contributed by atoms with Crippen LogP contribution in [0, 0.1) is 6.92 Å². The molecule has 6 heteroatoms. The molecule has 0 aliphatic rings. The number of carbonyl (C=O) groups excluding carboxylic acids is 1. The number of amides is 1. The highest BCUT2D eigenvalue weighted by Crippen LogP contribution is 2.27. The van der Waals surface area contributed by atoms with Crippen LogP contribution in [0.4, 0.5) is 5.13 Å². The van der Waals surface area contributed by atoms with E-state index in [2.05, 4.69) is 15.3 Å². The van der Waals surface area contributed by atoms with Crippen molar-refractivity contribution >= 4 is 22.4 Å². The molecule has 3 rings (SSSR count). The summed E-state index contributed by atoms with van der Waals surface area (Å²) >= 11 is 1.39. The maximum absolute atomic E-state index is 12.2. The molecule has 0 saturated carbocycles. The van der Waals surface area contributed by atoms with Crippen molar-refractivity contribution < 1.29 is 9.53 Å². The number of nitrogens with zero attached hydrogens (tertiary/aromatic N) is 2. The van der Waals surface area contributed by atoms with Crippen molar-refractivity contribution in [3.63, 3.8) is 0 Å². The molecule has 116 valence electrons. The van der Waals surface area contributed by atoms with Gasteiger partial charge in [-0.2, -0.15) is 0 Å². The first-order chi connectivity index (χ1) is 11.2. The summed E-state index contributed by atoms with van der Waals surface area (Å²) in [5, 5.41) is 5.28. The normalized spacial score (nSPS) is 10.3. The zero-order chi connectivity index (χ0) is 16.2. The van der Waals surface area contributed by atoms with Gasteiger partial charge >= 0.3 is 0 Å². The molecule has 5 nitrogen and oxygen atoms in total. The van der Waals surface area contributed by atoms with Crippen LogP contribution in [0.1, 0.15) is 15.9 Å². The molecule has 0 atom stereocenters. The molecule has 0 fully saturated rings. The lowest BCUT2D eigenvalue weighted by Gasteiger charge is -2.03.